The topological polar surface area (TPSA) is 111 Å². The Morgan fingerprint density at radius 2 is 0.340 bits per heavy atom. The van der Waals surface area contributed by atoms with Crippen molar-refractivity contribution in [3.63, 3.8) is 0 Å². The summed E-state index contributed by atoms with van der Waals surface area (Å²) < 4.78 is 67.3. The van der Waals surface area contributed by atoms with E-state index >= 15 is 0 Å². The first kappa shape index (κ1) is 63.3. The number of rotatable bonds is 32. The van der Waals surface area contributed by atoms with E-state index in [0.717, 1.165) is 49.9 Å². The minimum absolute atomic E-state index is 0. The molecule has 0 bridgehead atoms. The summed E-state index contributed by atoms with van der Waals surface area (Å²) >= 11 is 0. The predicted octanol–water partition coefficient (Wildman–Crippen LogP) is 9.03. The third-order valence-corrected chi connectivity index (χ3v) is 18.9. The van der Waals surface area contributed by atoms with E-state index in [1.54, 1.807) is 0 Å². The Labute approximate surface area is 348 Å². The Kier molecular flexibility index (Phi) is 52.8. The second kappa shape index (κ2) is 44.2. The van der Waals surface area contributed by atoms with E-state index in [1.807, 2.05) is 83.1 Å². The molecule has 0 aliphatic rings. The van der Waals surface area contributed by atoms with E-state index in [-0.39, 0.29) is 21.7 Å². The largest absolute Gasteiger partial charge is 4.00 e. The molecule has 0 saturated heterocycles. The molecular weight excluding hydrogens is 785 g/mol. The minimum Gasteiger partial charge on any atom is -0.374 e. The molecule has 12 nitrogen and oxygen atoms in total. The van der Waals surface area contributed by atoms with Gasteiger partial charge in [-0.25, -0.2) is 0 Å². The Morgan fingerprint density at radius 1 is 0.245 bits per heavy atom. The van der Waals surface area contributed by atoms with Gasteiger partial charge in [-0.1, -0.05) is 0 Å². The van der Waals surface area contributed by atoms with E-state index in [1.165, 1.54) is 0 Å². The zero-order valence-electron chi connectivity index (χ0n) is 36.4. The zero-order valence-corrected chi connectivity index (χ0v) is 41.9. The van der Waals surface area contributed by atoms with Gasteiger partial charge in [0.2, 0.25) is 0 Å². The number of hydrogen-bond acceptors (Lipinski definition) is 12. The molecule has 0 aromatic heterocycles. The summed E-state index contributed by atoms with van der Waals surface area (Å²) in [5, 5.41) is 0. The third kappa shape index (κ3) is 32.7. The van der Waals surface area contributed by atoms with Crippen LogP contribution in [0.3, 0.4) is 0 Å². The van der Waals surface area contributed by atoms with Gasteiger partial charge in [-0.15, -0.1) is 0 Å². The molecule has 0 saturated carbocycles. The molecule has 0 rings (SSSR count). The second-order valence-electron chi connectivity index (χ2n) is 10.3. The predicted molar refractivity (Wildman–Crippen MR) is 222 cm³/mol. The third-order valence-electron chi connectivity index (χ3n) is 6.30. The Morgan fingerprint density at radius 3 is 0.396 bits per heavy atom. The summed E-state index contributed by atoms with van der Waals surface area (Å²) in [5.41, 5.74) is 0. The first-order valence-electron chi connectivity index (χ1n) is 19.8. The van der Waals surface area contributed by atoms with Crippen molar-refractivity contribution in [2.24, 2.45) is 0 Å². The van der Waals surface area contributed by atoms with E-state index in [4.69, 9.17) is 53.1 Å². The van der Waals surface area contributed by atoms with E-state index < -0.39 is 35.2 Å². The van der Waals surface area contributed by atoms with Crippen LogP contribution < -0.4 is 0 Å². The molecule has 0 heterocycles. The summed E-state index contributed by atoms with van der Waals surface area (Å²) in [5.74, 6) is 0. The van der Waals surface area contributed by atoms with Gasteiger partial charge in [0, 0.05) is 79.3 Å². The van der Waals surface area contributed by atoms with Crippen LogP contribution in [-0.4, -0.2) is 115 Å². The second-order valence-corrected chi connectivity index (χ2v) is 21.3. The van der Waals surface area contributed by atoms with E-state index in [2.05, 4.69) is 27.7 Å². The molecule has 53 heavy (non-hydrogen) atoms. The number of hydrogen-bond donors (Lipinski definition) is 0. The molecule has 320 valence electrons. The normalized spacial score (nSPS) is 11.8. The fourth-order valence-corrected chi connectivity index (χ4v) is 14.6. The Balaban J connectivity index is -0.000000192. The van der Waals surface area contributed by atoms with Gasteiger partial charge in [0.25, 0.3) is 0 Å². The van der Waals surface area contributed by atoms with Crippen molar-refractivity contribution in [1.82, 2.24) is 0 Å². The molecule has 0 spiro atoms. The van der Waals surface area contributed by atoms with Crippen molar-refractivity contribution in [2.45, 2.75) is 133 Å². The molecule has 0 atom stereocenters. The molecule has 0 N–H and O–H groups in total. The standard InChI is InChI=1S/4C9H21O3Si.Ti/c4*1-5-9-13(10-6-2,11-7-3)12-8-4;/h4*1,5-9H2,2-4H3;/q4*-1;+4. The van der Waals surface area contributed by atoms with Crippen LogP contribution in [0, 0.1) is 27.7 Å². The molecule has 0 fully saturated rings. The summed E-state index contributed by atoms with van der Waals surface area (Å²) in [7, 11) is -9.43. The van der Waals surface area contributed by atoms with Gasteiger partial charge < -0.3 is 80.8 Å². The van der Waals surface area contributed by atoms with Crippen molar-refractivity contribution in [3.8, 4) is 0 Å². The SMILES string of the molecule is [CH2-]CC[Si](OCC)(OCC)OCC.[CH2-]CC[Si](OCC)(OCC)OCC.[CH2-]CC[Si](OCC)(OCC)OCC.[CH2-]CC[Si](OCC)(OCC)OCC.[Ti+4]. The van der Waals surface area contributed by atoms with E-state index in [9.17, 15) is 0 Å². The molecule has 0 aliphatic heterocycles. The maximum Gasteiger partial charge on any atom is 4.00 e. The van der Waals surface area contributed by atoms with Crippen LogP contribution in [0.2, 0.25) is 24.2 Å². The van der Waals surface area contributed by atoms with Crippen LogP contribution in [0.4, 0.5) is 0 Å². The summed E-state index contributed by atoms with van der Waals surface area (Å²) in [6, 6.07) is 3.23. The van der Waals surface area contributed by atoms with Gasteiger partial charge >= 0.3 is 56.9 Å². The van der Waals surface area contributed by atoms with Crippen LogP contribution in [0.1, 0.15) is 109 Å². The maximum atomic E-state index is 5.61. The zero-order chi connectivity index (χ0) is 40.6. The molecule has 0 aliphatic carbocycles. The molecule has 17 heteroatoms. The quantitative estimate of drug-likeness (QED) is 0.0476. The molecule has 0 amide bonds. The molecule has 0 radical (unpaired) electrons. The van der Waals surface area contributed by atoms with Crippen LogP contribution in [0.25, 0.3) is 0 Å². The summed E-state index contributed by atoms with van der Waals surface area (Å²) in [6.07, 6.45) is 3.19. The van der Waals surface area contributed by atoms with Crippen LogP contribution in [0.15, 0.2) is 0 Å². The van der Waals surface area contributed by atoms with Crippen molar-refractivity contribution in [2.75, 3.05) is 79.3 Å². The Hall–Kier alpha value is 1.10. The van der Waals surface area contributed by atoms with Gasteiger partial charge in [0.15, 0.2) is 0 Å². The van der Waals surface area contributed by atoms with Crippen LogP contribution in [0.5, 0.6) is 0 Å². The van der Waals surface area contributed by atoms with Crippen molar-refractivity contribution in [1.29, 1.82) is 0 Å². The molecule has 0 unspecified atom stereocenters. The maximum absolute atomic E-state index is 5.61. The van der Waals surface area contributed by atoms with Crippen LogP contribution >= 0.6 is 0 Å². The van der Waals surface area contributed by atoms with Gasteiger partial charge in [0.1, 0.15) is 0 Å². The first-order valence-corrected chi connectivity index (χ1v) is 27.5. The van der Waals surface area contributed by atoms with Gasteiger partial charge in [-0.2, -0.15) is 25.7 Å². The van der Waals surface area contributed by atoms with E-state index in [0.29, 0.717) is 79.3 Å². The Bertz CT molecular complexity index is 479. The first-order chi connectivity index (χ1) is 25.0. The van der Waals surface area contributed by atoms with Crippen LogP contribution in [-0.2, 0) is 74.8 Å². The average molecular weight is 869 g/mol. The van der Waals surface area contributed by atoms with Crippen molar-refractivity contribution in [3.05, 3.63) is 27.7 Å². The summed E-state index contributed by atoms with van der Waals surface area (Å²) in [4.78, 5) is 0. The average Bonchev–Trinajstić information content (AvgIpc) is 3.08. The fraction of sp³-hybridized carbons (Fsp3) is 0.889. The summed E-state index contributed by atoms with van der Waals surface area (Å²) in [6.45, 7) is 46.5. The molecule has 0 aromatic rings. The van der Waals surface area contributed by atoms with Gasteiger partial charge in [0.05, 0.1) is 0 Å². The minimum atomic E-state index is -2.36. The van der Waals surface area contributed by atoms with Crippen molar-refractivity contribution < 1.29 is 74.8 Å². The van der Waals surface area contributed by atoms with Gasteiger partial charge in [-0.05, 0) is 107 Å². The molecular formula is C36H84O12Si4Ti. The smallest absolute Gasteiger partial charge is 0.374 e. The monoisotopic (exact) mass is 868 g/mol. The molecule has 0 aromatic carbocycles. The fourth-order valence-electron chi connectivity index (χ4n) is 4.87. The van der Waals surface area contributed by atoms with Gasteiger partial charge in [-0.3, -0.25) is 0 Å². The van der Waals surface area contributed by atoms with Crippen molar-refractivity contribution >= 4 is 35.2 Å².